The fraction of sp³-hybridized carbons (Fsp3) is 0.333. The molecular weight excluding hydrogens is 434 g/mol. The van der Waals surface area contributed by atoms with Crippen molar-refractivity contribution < 1.29 is 13.6 Å². The zero-order chi connectivity index (χ0) is 21.6. The molecule has 1 N–H and O–H groups in total. The van der Waals surface area contributed by atoms with Gasteiger partial charge in [-0.25, -0.2) is 0 Å². The van der Waals surface area contributed by atoms with E-state index in [-0.39, 0.29) is 5.57 Å². The molecule has 4 rings (SSSR count). The van der Waals surface area contributed by atoms with Crippen molar-refractivity contribution in [3.63, 3.8) is 0 Å². The quantitative estimate of drug-likeness (QED) is 0.307. The van der Waals surface area contributed by atoms with E-state index in [1.54, 1.807) is 18.4 Å². The van der Waals surface area contributed by atoms with E-state index in [2.05, 4.69) is 27.3 Å². The van der Waals surface area contributed by atoms with Gasteiger partial charge < -0.3 is 13.7 Å². The summed E-state index contributed by atoms with van der Waals surface area (Å²) in [5, 5.41) is 22.1. The van der Waals surface area contributed by atoms with Crippen molar-refractivity contribution in [2.75, 3.05) is 23.3 Å². The maximum atomic E-state index is 12.5. The largest absolute Gasteiger partial charge is 0.468 e. The van der Waals surface area contributed by atoms with Crippen molar-refractivity contribution in [3.05, 3.63) is 47.6 Å². The number of thioether (sulfide) groups is 1. The Morgan fingerprint density at radius 1 is 1.39 bits per heavy atom. The zero-order valence-electron chi connectivity index (χ0n) is 16.9. The van der Waals surface area contributed by atoms with E-state index in [0.717, 1.165) is 42.7 Å². The molecule has 1 amide bonds. The molecular formula is C21H21N5O3S2. The number of nitrogens with zero attached hydrogens (tertiary/aromatic N) is 4. The van der Waals surface area contributed by atoms with Gasteiger partial charge in [0.2, 0.25) is 10.3 Å². The second kappa shape index (κ2) is 9.85. The van der Waals surface area contributed by atoms with Crippen molar-refractivity contribution in [2.24, 2.45) is 5.92 Å². The van der Waals surface area contributed by atoms with E-state index in [9.17, 15) is 10.1 Å². The van der Waals surface area contributed by atoms with Crippen LogP contribution in [0.5, 0.6) is 0 Å². The van der Waals surface area contributed by atoms with Gasteiger partial charge in [0, 0.05) is 19.2 Å². The average molecular weight is 456 g/mol. The summed E-state index contributed by atoms with van der Waals surface area (Å²) in [4.78, 5) is 14.7. The number of nitriles is 1. The first-order chi connectivity index (χ1) is 15.1. The molecule has 1 saturated heterocycles. The highest BCUT2D eigenvalue weighted by atomic mass is 32.2. The molecule has 0 bridgehead atoms. The van der Waals surface area contributed by atoms with Crippen LogP contribution in [0.2, 0.25) is 0 Å². The van der Waals surface area contributed by atoms with E-state index in [1.807, 2.05) is 18.2 Å². The first kappa shape index (κ1) is 21.2. The Labute approximate surface area is 187 Å². The van der Waals surface area contributed by atoms with Gasteiger partial charge in [0.05, 0.1) is 12.0 Å². The average Bonchev–Trinajstić information content (AvgIpc) is 3.53. The van der Waals surface area contributed by atoms with Crippen molar-refractivity contribution in [1.82, 2.24) is 10.2 Å². The third-order valence-corrected chi connectivity index (χ3v) is 6.71. The van der Waals surface area contributed by atoms with Gasteiger partial charge in [-0.05, 0) is 43.0 Å². The second-order valence-corrected chi connectivity index (χ2v) is 9.14. The van der Waals surface area contributed by atoms with Gasteiger partial charge in [-0.3, -0.25) is 10.1 Å². The van der Waals surface area contributed by atoms with Gasteiger partial charge in [-0.1, -0.05) is 30.0 Å². The number of amides is 1. The van der Waals surface area contributed by atoms with Crippen LogP contribution in [0, 0.1) is 17.2 Å². The molecule has 0 saturated carbocycles. The molecule has 0 spiro atoms. The molecule has 0 aliphatic carbocycles. The fourth-order valence-corrected chi connectivity index (χ4v) is 4.64. The molecule has 8 nitrogen and oxygen atoms in total. The molecule has 1 fully saturated rings. The second-order valence-electron chi connectivity index (χ2n) is 7.21. The summed E-state index contributed by atoms with van der Waals surface area (Å²) in [5.41, 5.74) is -0.0690. The summed E-state index contributed by atoms with van der Waals surface area (Å²) in [6.07, 6.45) is 5.28. The lowest BCUT2D eigenvalue weighted by atomic mass is 10.00. The normalized spacial score (nSPS) is 15.1. The number of anilines is 2. The van der Waals surface area contributed by atoms with E-state index < -0.39 is 5.91 Å². The molecule has 10 heteroatoms. The standard InChI is InChI=1S/C21H21N5O3S2/c1-14-6-8-26(9-7-14)21-25-24-20(31-21)23-19(27)15(12-22)11-16-4-5-18(29-16)30-13-17-3-2-10-28-17/h2-5,10-11,14H,6-9,13H2,1H3,(H,23,24,27)/b15-11-. The highest BCUT2D eigenvalue weighted by molar-refractivity contribution is 7.98. The van der Waals surface area contributed by atoms with Gasteiger partial charge in [-0.15, -0.1) is 10.2 Å². The van der Waals surface area contributed by atoms with Gasteiger partial charge in [0.15, 0.2) is 5.09 Å². The molecule has 1 aliphatic heterocycles. The molecule has 0 aromatic carbocycles. The number of rotatable bonds is 7. The third kappa shape index (κ3) is 5.57. The summed E-state index contributed by atoms with van der Waals surface area (Å²) in [5.74, 6) is 2.07. The Balaban J connectivity index is 1.36. The highest BCUT2D eigenvalue weighted by Crippen LogP contribution is 2.29. The minimum absolute atomic E-state index is 0.0690. The van der Waals surface area contributed by atoms with Gasteiger partial charge in [0.25, 0.3) is 5.91 Å². The van der Waals surface area contributed by atoms with Crippen LogP contribution in [0.3, 0.4) is 0 Å². The Kier molecular flexibility index (Phi) is 6.74. The van der Waals surface area contributed by atoms with Crippen LogP contribution in [0.4, 0.5) is 10.3 Å². The van der Waals surface area contributed by atoms with E-state index in [0.29, 0.717) is 21.7 Å². The molecule has 0 atom stereocenters. The molecule has 31 heavy (non-hydrogen) atoms. The number of piperidine rings is 1. The summed E-state index contributed by atoms with van der Waals surface area (Å²) < 4.78 is 11.0. The summed E-state index contributed by atoms with van der Waals surface area (Å²) in [6, 6.07) is 9.15. The number of furan rings is 2. The van der Waals surface area contributed by atoms with E-state index in [4.69, 9.17) is 8.83 Å². The Morgan fingerprint density at radius 2 is 2.23 bits per heavy atom. The number of carbonyl (C=O) groups is 1. The van der Waals surface area contributed by atoms with Gasteiger partial charge in [0.1, 0.15) is 23.2 Å². The lowest BCUT2D eigenvalue weighted by Crippen LogP contribution is -2.32. The van der Waals surface area contributed by atoms with Crippen LogP contribution in [-0.4, -0.2) is 29.2 Å². The molecule has 0 unspecified atom stereocenters. The maximum Gasteiger partial charge on any atom is 0.268 e. The van der Waals surface area contributed by atoms with Crippen LogP contribution in [-0.2, 0) is 10.5 Å². The predicted molar refractivity (Wildman–Crippen MR) is 120 cm³/mol. The topological polar surface area (TPSA) is 108 Å². The van der Waals surface area contributed by atoms with Crippen LogP contribution in [0.25, 0.3) is 6.08 Å². The van der Waals surface area contributed by atoms with E-state index in [1.165, 1.54) is 29.2 Å². The Bertz CT molecular complexity index is 1090. The highest BCUT2D eigenvalue weighted by Gasteiger charge is 2.20. The third-order valence-electron chi connectivity index (χ3n) is 4.88. The first-order valence-electron chi connectivity index (χ1n) is 9.87. The number of aromatic nitrogens is 2. The smallest absolute Gasteiger partial charge is 0.268 e. The van der Waals surface area contributed by atoms with Crippen LogP contribution >= 0.6 is 23.1 Å². The predicted octanol–water partition coefficient (Wildman–Crippen LogP) is 4.80. The van der Waals surface area contributed by atoms with Crippen molar-refractivity contribution in [3.8, 4) is 6.07 Å². The summed E-state index contributed by atoms with van der Waals surface area (Å²) in [6.45, 7) is 4.12. The lowest BCUT2D eigenvalue weighted by molar-refractivity contribution is -0.112. The van der Waals surface area contributed by atoms with Crippen molar-refractivity contribution in [1.29, 1.82) is 5.26 Å². The molecule has 1 aliphatic rings. The van der Waals surface area contributed by atoms with Crippen molar-refractivity contribution >= 4 is 45.3 Å². The number of nitrogens with one attached hydrogen (secondary N) is 1. The Morgan fingerprint density at radius 3 is 2.97 bits per heavy atom. The van der Waals surface area contributed by atoms with Crippen LogP contribution in [0.15, 0.2) is 50.0 Å². The summed E-state index contributed by atoms with van der Waals surface area (Å²) in [7, 11) is 0. The summed E-state index contributed by atoms with van der Waals surface area (Å²) >= 11 is 2.78. The van der Waals surface area contributed by atoms with Crippen LogP contribution in [0.1, 0.15) is 31.3 Å². The van der Waals surface area contributed by atoms with Gasteiger partial charge >= 0.3 is 0 Å². The fourth-order valence-electron chi connectivity index (χ4n) is 3.08. The van der Waals surface area contributed by atoms with Crippen molar-refractivity contribution in [2.45, 2.75) is 30.6 Å². The maximum absolute atomic E-state index is 12.5. The SMILES string of the molecule is CC1CCN(c2nnc(NC(=O)/C(C#N)=C\c3ccc(SCc4ccco4)o3)s2)CC1. The first-order valence-corrected chi connectivity index (χ1v) is 11.7. The van der Waals surface area contributed by atoms with Gasteiger partial charge in [-0.2, -0.15) is 5.26 Å². The Hall–Kier alpha value is -3.03. The molecule has 160 valence electrons. The van der Waals surface area contributed by atoms with E-state index >= 15 is 0 Å². The molecule has 3 aromatic rings. The lowest BCUT2D eigenvalue weighted by Gasteiger charge is -2.29. The molecule has 0 radical (unpaired) electrons. The minimum atomic E-state index is -0.543. The molecule has 3 aromatic heterocycles. The zero-order valence-corrected chi connectivity index (χ0v) is 18.5. The molecule has 4 heterocycles. The monoisotopic (exact) mass is 455 g/mol. The number of carbonyl (C=O) groups excluding carboxylic acids is 1. The minimum Gasteiger partial charge on any atom is -0.468 e. The number of hydrogen-bond donors (Lipinski definition) is 1. The van der Waals surface area contributed by atoms with Crippen LogP contribution < -0.4 is 10.2 Å². The number of hydrogen-bond acceptors (Lipinski definition) is 9.